The van der Waals surface area contributed by atoms with Crippen molar-refractivity contribution >= 4 is 35.2 Å². The average Bonchev–Trinajstić information content (AvgIpc) is 3.33. The van der Waals surface area contributed by atoms with Crippen molar-refractivity contribution in [1.29, 1.82) is 0 Å². The van der Waals surface area contributed by atoms with Gasteiger partial charge >= 0.3 is 6.09 Å². The Balaban J connectivity index is 1.99. The molecule has 0 bridgehead atoms. The highest BCUT2D eigenvalue weighted by Gasteiger charge is 2.29. The lowest BCUT2D eigenvalue weighted by Crippen LogP contribution is -2.35. The maximum Gasteiger partial charge on any atom is 0.418 e. The lowest BCUT2D eigenvalue weighted by Gasteiger charge is -2.18. The third-order valence-electron chi connectivity index (χ3n) is 6.48. The van der Waals surface area contributed by atoms with Crippen molar-refractivity contribution in [2.45, 2.75) is 27.7 Å². The summed E-state index contributed by atoms with van der Waals surface area (Å²) < 4.78 is 25.9. The maximum atomic E-state index is 14.0. The van der Waals surface area contributed by atoms with Crippen molar-refractivity contribution in [2.75, 3.05) is 57.9 Å². The van der Waals surface area contributed by atoms with Gasteiger partial charge < -0.3 is 30.7 Å². The van der Waals surface area contributed by atoms with Gasteiger partial charge in [0.2, 0.25) is 0 Å². The lowest BCUT2D eigenvalue weighted by atomic mass is 10.0. The molecule has 1 aromatic carbocycles. The quantitative estimate of drug-likeness (QED) is 0.285. The molecular formula is C27H36FN5O5. The number of likely N-dealkylation sites (N-methyl/N-ethyl adjacent to an activating group) is 1. The number of hydrogen-bond acceptors (Lipinski definition) is 7. The van der Waals surface area contributed by atoms with E-state index in [2.05, 4.69) is 29.4 Å². The largest absolute Gasteiger partial charge is 0.446 e. The molecule has 11 heteroatoms. The number of rotatable bonds is 12. The number of halogens is 1. The van der Waals surface area contributed by atoms with E-state index >= 15 is 0 Å². The number of fused-ring (bicyclic) bond motifs is 1. The number of benzene rings is 1. The Bertz CT molecular complexity index is 1220. The first kappa shape index (κ1) is 29.0. The number of carbonyl (C=O) groups is 3. The molecule has 3 rings (SSSR count). The molecule has 38 heavy (non-hydrogen) atoms. The molecule has 0 saturated carbocycles. The number of aromatic nitrogens is 1. The highest BCUT2D eigenvalue weighted by atomic mass is 19.1. The van der Waals surface area contributed by atoms with E-state index in [1.165, 1.54) is 28.8 Å². The Morgan fingerprint density at radius 3 is 2.61 bits per heavy atom. The van der Waals surface area contributed by atoms with Crippen LogP contribution in [0.25, 0.3) is 11.6 Å². The van der Waals surface area contributed by atoms with E-state index in [1.54, 1.807) is 13.8 Å². The molecule has 10 nitrogen and oxygen atoms in total. The van der Waals surface area contributed by atoms with Crippen LogP contribution in [-0.2, 0) is 14.3 Å². The first-order valence-electron chi connectivity index (χ1n) is 12.7. The van der Waals surface area contributed by atoms with Crippen LogP contribution in [0.5, 0.6) is 0 Å². The van der Waals surface area contributed by atoms with Crippen LogP contribution in [0.2, 0.25) is 0 Å². The van der Waals surface area contributed by atoms with Crippen molar-refractivity contribution < 1.29 is 28.2 Å². The molecule has 1 aromatic heterocycles. The molecule has 0 spiro atoms. The molecule has 0 atom stereocenters. The minimum Gasteiger partial charge on any atom is -0.446 e. The zero-order valence-corrected chi connectivity index (χ0v) is 22.4. The Morgan fingerprint density at radius 1 is 1.18 bits per heavy atom. The fourth-order valence-corrected chi connectivity index (χ4v) is 4.44. The number of amides is 2. The van der Waals surface area contributed by atoms with Crippen LogP contribution in [0.1, 0.15) is 46.7 Å². The van der Waals surface area contributed by atoms with E-state index in [-0.39, 0.29) is 24.7 Å². The molecule has 1 aliphatic heterocycles. The number of nitrogens with zero attached hydrogens (tertiary/aromatic N) is 2. The molecule has 206 valence electrons. The zero-order chi connectivity index (χ0) is 27.8. The molecule has 0 unspecified atom stereocenters. The minimum absolute atomic E-state index is 0.0224. The summed E-state index contributed by atoms with van der Waals surface area (Å²) in [5, 5.41) is 5.62. The van der Waals surface area contributed by atoms with Gasteiger partial charge in [0.05, 0.1) is 30.0 Å². The van der Waals surface area contributed by atoms with Crippen molar-refractivity contribution in [3.8, 4) is 0 Å². The molecule has 2 heterocycles. The van der Waals surface area contributed by atoms with Crippen LogP contribution < -0.4 is 16.4 Å². The number of ether oxygens (including phenoxy) is 2. The number of nitrogens with one attached hydrogen (secondary N) is 2. The van der Waals surface area contributed by atoms with E-state index in [0.29, 0.717) is 60.0 Å². The third-order valence-corrected chi connectivity index (χ3v) is 6.48. The highest BCUT2D eigenvalue weighted by Crippen LogP contribution is 2.35. The molecule has 4 N–H and O–H groups in total. The van der Waals surface area contributed by atoms with Gasteiger partial charge in [-0.1, -0.05) is 13.8 Å². The van der Waals surface area contributed by atoms with Gasteiger partial charge in [-0.05, 0) is 56.8 Å². The maximum absolute atomic E-state index is 14.0. The summed E-state index contributed by atoms with van der Waals surface area (Å²) in [7, 11) is 0. The van der Waals surface area contributed by atoms with Crippen LogP contribution in [0.4, 0.5) is 14.9 Å². The van der Waals surface area contributed by atoms with Crippen LogP contribution >= 0.6 is 0 Å². The second kappa shape index (κ2) is 13.3. The van der Waals surface area contributed by atoms with Crippen LogP contribution in [0.3, 0.4) is 0 Å². The smallest absolute Gasteiger partial charge is 0.418 e. The molecule has 0 radical (unpaired) electrons. The molecular weight excluding hydrogens is 493 g/mol. The van der Waals surface area contributed by atoms with Crippen molar-refractivity contribution in [3.63, 3.8) is 0 Å². The Kier molecular flexibility index (Phi) is 10.2. The van der Waals surface area contributed by atoms with Gasteiger partial charge in [-0.15, -0.1) is 0 Å². The van der Waals surface area contributed by atoms with Crippen molar-refractivity contribution in [2.24, 2.45) is 5.73 Å². The molecule has 0 fully saturated rings. The SMILES string of the molecule is CCN(CC)CCNC(=O)c1c(C)c(/C=C2\C(=O)Nc3ccc(F)cc32)n(C(=O)OCCOCCN)c1C. The lowest BCUT2D eigenvalue weighted by molar-refractivity contribution is -0.110. The first-order chi connectivity index (χ1) is 18.2. The van der Waals surface area contributed by atoms with Gasteiger partial charge in [0.1, 0.15) is 12.4 Å². The highest BCUT2D eigenvalue weighted by molar-refractivity contribution is 6.35. The summed E-state index contributed by atoms with van der Waals surface area (Å²) in [6.45, 7) is 11.1. The summed E-state index contributed by atoms with van der Waals surface area (Å²) in [5.41, 5.74) is 7.87. The Labute approximate surface area is 221 Å². The van der Waals surface area contributed by atoms with Gasteiger partial charge in [-0.3, -0.25) is 9.59 Å². The molecule has 1 aliphatic rings. The van der Waals surface area contributed by atoms with Gasteiger partial charge in [0.15, 0.2) is 0 Å². The molecule has 0 saturated heterocycles. The van der Waals surface area contributed by atoms with Crippen LogP contribution in [0.15, 0.2) is 18.2 Å². The normalized spacial score (nSPS) is 13.7. The Morgan fingerprint density at radius 2 is 1.92 bits per heavy atom. The monoisotopic (exact) mass is 529 g/mol. The minimum atomic E-state index is -0.728. The predicted octanol–water partition coefficient (Wildman–Crippen LogP) is 2.77. The summed E-state index contributed by atoms with van der Waals surface area (Å²) in [4.78, 5) is 41.4. The zero-order valence-electron chi connectivity index (χ0n) is 22.4. The van der Waals surface area contributed by atoms with E-state index < -0.39 is 17.8 Å². The van der Waals surface area contributed by atoms with Crippen molar-refractivity contribution in [1.82, 2.24) is 14.8 Å². The summed E-state index contributed by atoms with van der Waals surface area (Å²) >= 11 is 0. The number of carbonyl (C=O) groups excluding carboxylic acids is 3. The third kappa shape index (κ3) is 6.47. The van der Waals surface area contributed by atoms with E-state index in [0.717, 1.165) is 13.1 Å². The standard InChI is InChI=1S/C27H36FN5O5/c1-5-32(6-2)11-10-30-26(35)24-17(3)23(33(18(24)4)27(36)38-14-13-37-12-9-29)16-21-20-15-19(28)7-8-22(20)31-25(21)34/h7-8,15-16H,5-6,9-14,29H2,1-4H3,(H,30,35)(H,31,34)/b21-16-. The second-order valence-electron chi connectivity index (χ2n) is 8.81. The predicted molar refractivity (Wildman–Crippen MR) is 144 cm³/mol. The van der Waals surface area contributed by atoms with Crippen LogP contribution in [0, 0.1) is 19.7 Å². The van der Waals surface area contributed by atoms with Gasteiger partial charge in [0, 0.05) is 36.6 Å². The summed E-state index contributed by atoms with van der Waals surface area (Å²) in [6, 6.07) is 3.98. The van der Waals surface area contributed by atoms with Gasteiger partial charge in [-0.2, -0.15) is 0 Å². The molecule has 2 amide bonds. The van der Waals surface area contributed by atoms with Crippen LogP contribution in [-0.4, -0.2) is 79.9 Å². The van der Waals surface area contributed by atoms with E-state index in [4.69, 9.17) is 15.2 Å². The summed E-state index contributed by atoms with van der Waals surface area (Å²) in [5.74, 6) is -1.28. The van der Waals surface area contributed by atoms with E-state index in [9.17, 15) is 18.8 Å². The molecule has 2 aromatic rings. The van der Waals surface area contributed by atoms with Gasteiger partial charge in [0.25, 0.3) is 11.8 Å². The second-order valence-corrected chi connectivity index (χ2v) is 8.81. The number of anilines is 1. The fraction of sp³-hybridized carbons (Fsp3) is 0.444. The fourth-order valence-electron chi connectivity index (χ4n) is 4.44. The molecule has 0 aliphatic carbocycles. The Hall–Kier alpha value is -3.54. The topological polar surface area (TPSA) is 128 Å². The van der Waals surface area contributed by atoms with Gasteiger partial charge in [-0.25, -0.2) is 13.8 Å². The average molecular weight is 530 g/mol. The van der Waals surface area contributed by atoms with Crippen molar-refractivity contribution in [3.05, 3.63) is 52.1 Å². The summed E-state index contributed by atoms with van der Waals surface area (Å²) in [6.07, 6.45) is 0.760. The first-order valence-corrected chi connectivity index (χ1v) is 12.7. The number of nitrogens with two attached hydrogens (primary N) is 1. The number of hydrogen-bond donors (Lipinski definition) is 3. The van der Waals surface area contributed by atoms with E-state index in [1.807, 2.05) is 0 Å².